The van der Waals surface area contributed by atoms with Crippen LogP contribution in [0.1, 0.15) is 26.6 Å². The molecule has 0 fully saturated rings. The fourth-order valence-electron chi connectivity index (χ4n) is 0.891. The van der Waals surface area contributed by atoms with E-state index in [1.54, 1.807) is 4.68 Å². The summed E-state index contributed by atoms with van der Waals surface area (Å²) in [6.07, 6.45) is 0. The Morgan fingerprint density at radius 2 is 2.08 bits per heavy atom. The third-order valence-corrected chi connectivity index (χ3v) is 1.59. The van der Waals surface area contributed by atoms with Crippen LogP contribution < -0.4 is 0 Å². The van der Waals surface area contributed by atoms with Crippen molar-refractivity contribution in [2.75, 3.05) is 0 Å². The highest BCUT2D eigenvalue weighted by Gasteiger charge is 2.14. The lowest BCUT2D eigenvalue weighted by molar-refractivity contribution is 0.317. The van der Waals surface area contributed by atoms with E-state index in [1.165, 1.54) is 0 Å². The van der Waals surface area contributed by atoms with E-state index >= 15 is 0 Å². The smallest absolute Gasteiger partial charge is 0.166 e. The molecule has 0 spiro atoms. The van der Waals surface area contributed by atoms with Gasteiger partial charge < -0.3 is 0 Å². The molecule has 0 aliphatic carbocycles. The summed E-state index contributed by atoms with van der Waals surface area (Å²) in [7, 11) is 0. The van der Waals surface area contributed by atoms with E-state index in [4.69, 9.17) is 11.6 Å². The molecule has 1 aromatic heterocycles. The van der Waals surface area contributed by atoms with Crippen molar-refractivity contribution in [1.82, 2.24) is 20.2 Å². The zero-order valence-electron chi connectivity index (χ0n) is 7.58. The average Bonchev–Trinajstić information content (AvgIpc) is 2.31. The van der Waals surface area contributed by atoms with Crippen molar-refractivity contribution < 1.29 is 0 Å². The molecule has 0 unspecified atom stereocenters. The molecule has 5 heteroatoms. The third kappa shape index (κ3) is 2.44. The summed E-state index contributed by atoms with van der Waals surface area (Å²) in [6, 6.07) is 0. The maximum absolute atomic E-state index is 5.64. The zero-order chi connectivity index (χ0) is 9.19. The van der Waals surface area contributed by atoms with Gasteiger partial charge in [0.2, 0.25) is 0 Å². The van der Waals surface area contributed by atoms with Crippen molar-refractivity contribution in [3.8, 4) is 0 Å². The second-order valence-electron chi connectivity index (χ2n) is 3.95. The summed E-state index contributed by atoms with van der Waals surface area (Å²) in [4.78, 5) is 0. The number of aromatic nitrogens is 4. The SMILES string of the molecule is CC(C)(C)Cn1nnnc1CCl. The predicted octanol–water partition coefficient (Wildman–Crippen LogP) is 1.46. The Morgan fingerprint density at radius 3 is 2.58 bits per heavy atom. The summed E-state index contributed by atoms with van der Waals surface area (Å²) >= 11 is 5.64. The van der Waals surface area contributed by atoms with Gasteiger partial charge >= 0.3 is 0 Å². The van der Waals surface area contributed by atoms with Crippen LogP contribution in [0.5, 0.6) is 0 Å². The molecule has 1 heterocycles. The molecule has 68 valence electrons. The van der Waals surface area contributed by atoms with Crippen molar-refractivity contribution in [3.05, 3.63) is 5.82 Å². The number of rotatable bonds is 2. The van der Waals surface area contributed by atoms with Gasteiger partial charge in [0.1, 0.15) is 0 Å². The topological polar surface area (TPSA) is 43.6 Å². The lowest BCUT2D eigenvalue weighted by Gasteiger charge is -2.17. The fourth-order valence-corrected chi connectivity index (χ4v) is 1.08. The number of nitrogens with zero attached hydrogens (tertiary/aromatic N) is 4. The van der Waals surface area contributed by atoms with Crippen molar-refractivity contribution >= 4 is 11.6 Å². The number of hydrogen-bond donors (Lipinski definition) is 0. The lowest BCUT2D eigenvalue weighted by Crippen LogP contribution is -2.18. The molecule has 12 heavy (non-hydrogen) atoms. The number of tetrazole rings is 1. The van der Waals surface area contributed by atoms with Crippen LogP contribution in [0.15, 0.2) is 0 Å². The second-order valence-corrected chi connectivity index (χ2v) is 4.21. The fraction of sp³-hybridized carbons (Fsp3) is 0.857. The minimum absolute atomic E-state index is 0.177. The molecule has 0 atom stereocenters. The van der Waals surface area contributed by atoms with Crippen LogP contribution in [-0.2, 0) is 12.4 Å². The third-order valence-electron chi connectivity index (χ3n) is 1.35. The zero-order valence-corrected chi connectivity index (χ0v) is 8.34. The molecule has 0 bridgehead atoms. The normalized spacial score (nSPS) is 12.0. The summed E-state index contributed by atoms with van der Waals surface area (Å²) in [5.74, 6) is 1.09. The Balaban J connectivity index is 2.75. The Bertz CT molecular complexity index is 250. The first-order valence-electron chi connectivity index (χ1n) is 3.84. The lowest BCUT2D eigenvalue weighted by atomic mass is 9.97. The first kappa shape index (κ1) is 9.45. The molecule has 0 radical (unpaired) electrons. The molecule has 0 amide bonds. The molecule has 0 saturated carbocycles. The molecular weight excluding hydrogens is 176 g/mol. The number of hydrogen-bond acceptors (Lipinski definition) is 3. The van der Waals surface area contributed by atoms with E-state index in [2.05, 4.69) is 36.3 Å². The van der Waals surface area contributed by atoms with Gasteiger partial charge in [-0.05, 0) is 15.8 Å². The maximum atomic E-state index is 5.64. The Morgan fingerprint density at radius 1 is 1.42 bits per heavy atom. The van der Waals surface area contributed by atoms with Gasteiger partial charge in [-0.2, -0.15) is 0 Å². The first-order valence-corrected chi connectivity index (χ1v) is 4.37. The number of alkyl halides is 1. The van der Waals surface area contributed by atoms with Crippen LogP contribution in [0.4, 0.5) is 0 Å². The quantitative estimate of drug-likeness (QED) is 0.660. The van der Waals surface area contributed by atoms with E-state index in [0.717, 1.165) is 12.4 Å². The van der Waals surface area contributed by atoms with E-state index in [-0.39, 0.29) is 5.41 Å². The van der Waals surface area contributed by atoms with Crippen LogP contribution in [0.2, 0.25) is 0 Å². The van der Waals surface area contributed by atoms with Gasteiger partial charge in [0.15, 0.2) is 5.82 Å². The average molecular weight is 189 g/mol. The molecule has 1 rings (SSSR count). The molecule has 0 saturated heterocycles. The molecule has 1 aromatic rings. The van der Waals surface area contributed by atoms with Crippen molar-refractivity contribution in [2.24, 2.45) is 5.41 Å². The van der Waals surface area contributed by atoms with Crippen molar-refractivity contribution in [1.29, 1.82) is 0 Å². The molecule has 0 N–H and O–H groups in total. The minimum Gasteiger partial charge on any atom is -0.228 e. The van der Waals surface area contributed by atoms with Gasteiger partial charge in [0.05, 0.1) is 5.88 Å². The van der Waals surface area contributed by atoms with Crippen LogP contribution >= 0.6 is 11.6 Å². The van der Waals surface area contributed by atoms with Crippen LogP contribution in [0.25, 0.3) is 0 Å². The molecular formula is C7H13ClN4. The maximum Gasteiger partial charge on any atom is 0.166 e. The summed E-state index contributed by atoms with van der Waals surface area (Å²) in [6.45, 7) is 7.19. The van der Waals surface area contributed by atoms with Gasteiger partial charge in [0, 0.05) is 6.54 Å². The van der Waals surface area contributed by atoms with E-state index < -0.39 is 0 Å². The van der Waals surface area contributed by atoms with Crippen LogP contribution in [-0.4, -0.2) is 20.2 Å². The minimum atomic E-state index is 0.177. The molecule has 0 aliphatic rings. The summed E-state index contributed by atoms with van der Waals surface area (Å²) < 4.78 is 1.74. The van der Waals surface area contributed by atoms with Gasteiger partial charge in [-0.3, -0.25) is 0 Å². The highest BCUT2D eigenvalue weighted by Crippen LogP contribution is 2.16. The Hall–Kier alpha value is -0.640. The highest BCUT2D eigenvalue weighted by atomic mass is 35.5. The monoisotopic (exact) mass is 188 g/mol. The van der Waals surface area contributed by atoms with Gasteiger partial charge in [-0.25, -0.2) is 4.68 Å². The Labute approximate surface area is 76.9 Å². The second kappa shape index (κ2) is 3.39. The number of halogens is 1. The van der Waals surface area contributed by atoms with Gasteiger partial charge in [-0.15, -0.1) is 16.7 Å². The van der Waals surface area contributed by atoms with E-state index in [9.17, 15) is 0 Å². The molecule has 0 aliphatic heterocycles. The van der Waals surface area contributed by atoms with Gasteiger partial charge in [-0.1, -0.05) is 20.8 Å². The van der Waals surface area contributed by atoms with Crippen LogP contribution in [0.3, 0.4) is 0 Å². The largest absolute Gasteiger partial charge is 0.228 e. The summed E-state index contributed by atoms with van der Waals surface area (Å²) in [5.41, 5.74) is 0.177. The summed E-state index contributed by atoms with van der Waals surface area (Å²) in [5, 5.41) is 11.2. The highest BCUT2D eigenvalue weighted by molar-refractivity contribution is 6.16. The van der Waals surface area contributed by atoms with Crippen LogP contribution in [0, 0.1) is 5.41 Å². The van der Waals surface area contributed by atoms with Crippen molar-refractivity contribution in [2.45, 2.75) is 33.2 Å². The molecule has 4 nitrogen and oxygen atoms in total. The van der Waals surface area contributed by atoms with Crippen molar-refractivity contribution in [3.63, 3.8) is 0 Å². The van der Waals surface area contributed by atoms with E-state index in [0.29, 0.717) is 5.88 Å². The van der Waals surface area contributed by atoms with Gasteiger partial charge in [0.25, 0.3) is 0 Å². The van der Waals surface area contributed by atoms with E-state index in [1.807, 2.05) is 0 Å². The standard InChI is InChI=1S/C7H13ClN4/c1-7(2,3)5-12-6(4-8)9-10-11-12/h4-5H2,1-3H3. The Kier molecular flexibility index (Phi) is 2.67. The predicted molar refractivity (Wildman–Crippen MR) is 46.8 cm³/mol. The molecule has 0 aromatic carbocycles. The first-order chi connectivity index (χ1) is 5.53.